The van der Waals surface area contributed by atoms with Crippen LogP contribution < -0.4 is 5.73 Å². The standard InChI is InChI=1S/C16H15Cl2N3/c1-9(2)6-10-7-12(13(8-19)16(20)21-10)11-4-3-5-14(17)15(11)18/h3-5,7,9H,6H2,1-2H3,(H2,20,21). The molecular weight excluding hydrogens is 305 g/mol. The van der Waals surface area contributed by atoms with Crippen LogP contribution in [-0.4, -0.2) is 4.98 Å². The Morgan fingerprint density at radius 3 is 2.62 bits per heavy atom. The SMILES string of the molecule is CC(C)Cc1cc(-c2cccc(Cl)c2Cl)c(C#N)c(N)n1. The Labute approximate surface area is 134 Å². The molecule has 0 aliphatic carbocycles. The van der Waals surface area contributed by atoms with E-state index in [1.54, 1.807) is 12.1 Å². The van der Waals surface area contributed by atoms with Crippen molar-refractivity contribution in [2.45, 2.75) is 20.3 Å². The average molecular weight is 320 g/mol. The number of pyridine rings is 1. The van der Waals surface area contributed by atoms with Crippen molar-refractivity contribution >= 4 is 29.0 Å². The van der Waals surface area contributed by atoms with Crippen molar-refractivity contribution in [1.82, 2.24) is 4.98 Å². The van der Waals surface area contributed by atoms with E-state index in [1.165, 1.54) is 0 Å². The quantitative estimate of drug-likeness (QED) is 0.891. The van der Waals surface area contributed by atoms with Crippen LogP contribution in [0.15, 0.2) is 24.3 Å². The van der Waals surface area contributed by atoms with Gasteiger partial charge >= 0.3 is 0 Å². The molecule has 21 heavy (non-hydrogen) atoms. The summed E-state index contributed by atoms with van der Waals surface area (Å²) in [4.78, 5) is 4.30. The highest BCUT2D eigenvalue weighted by molar-refractivity contribution is 6.43. The van der Waals surface area contributed by atoms with Gasteiger partial charge in [0, 0.05) is 16.8 Å². The average Bonchev–Trinajstić information content (AvgIpc) is 2.40. The van der Waals surface area contributed by atoms with Gasteiger partial charge in [0.2, 0.25) is 0 Å². The number of nitrogens with zero attached hydrogens (tertiary/aromatic N) is 2. The maximum Gasteiger partial charge on any atom is 0.142 e. The highest BCUT2D eigenvalue weighted by Gasteiger charge is 2.16. The van der Waals surface area contributed by atoms with Crippen molar-refractivity contribution in [3.8, 4) is 17.2 Å². The van der Waals surface area contributed by atoms with Crippen LogP contribution in [0.2, 0.25) is 10.0 Å². The summed E-state index contributed by atoms with van der Waals surface area (Å²) in [7, 11) is 0. The van der Waals surface area contributed by atoms with E-state index < -0.39 is 0 Å². The van der Waals surface area contributed by atoms with Crippen molar-refractivity contribution in [2.24, 2.45) is 5.92 Å². The molecule has 1 aromatic heterocycles. The van der Waals surface area contributed by atoms with Crippen LogP contribution in [0, 0.1) is 17.2 Å². The molecule has 3 nitrogen and oxygen atoms in total. The first-order valence-electron chi connectivity index (χ1n) is 6.58. The first-order valence-corrected chi connectivity index (χ1v) is 7.33. The monoisotopic (exact) mass is 319 g/mol. The third-order valence-corrected chi connectivity index (χ3v) is 3.89. The second-order valence-electron chi connectivity index (χ2n) is 5.23. The maximum absolute atomic E-state index is 9.35. The molecule has 0 radical (unpaired) electrons. The van der Waals surface area contributed by atoms with E-state index in [4.69, 9.17) is 28.9 Å². The normalized spacial score (nSPS) is 10.7. The van der Waals surface area contributed by atoms with E-state index in [9.17, 15) is 5.26 Å². The molecule has 0 unspecified atom stereocenters. The summed E-state index contributed by atoms with van der Waals surface area (Å²) in [6.45, 7) is 4.20. The van der Waals surface area contributed by atoms with Gasteiger partial charge in [0.05, 0.1) is 10.0 Å². The van der Waals surface area contributed by atoms with Crippen molar-refractivity contribution in [2.75, 3.05) is 5.73 Å². The molecule has 0 atom stereocenters. The lowest BCUT2D eigenvalue weighted by Crippen LogP contribution is -2.04. The molecule has 5 heteroatoms. The third kappa shape index (κ3) is 3.29. The van der Waals surface area contributed by atoms with E-state index in [1.807, 2.05) is 12.1 Å². The molecule has 0 saturated carbocycles. The van der Waals surface area contributed by atoms with Crippen LogP contribution in [0.25, 0.3) is 11.1 Å². The fourth-order valence-corrected chi connectivity index (χ4v) is 2.59. The highest BCUT2D eigenvalue weighted by atomic mass is 35.5. The molecule has 2 N–H and O–H groups in total. The van der Waals surface area contributed by atoms with Crippen LogP contribution in [-0.2, 0) is 6.42 Å². The molecule has 2 rings (SSSR count). The molecule has 0 spiro atoms. The van der Waals surface area contributed by atoms with Gasteiger partial charge in [0.1, 0.15) is 17.5 Å². The molecule has 0 saturated heterocycles. The van der Waals surface area contributed by atoms with Crippen molar-refractivity contribution in [3.63, 3.8) is 0 Å². The van der Waals surface area contributed by atoms with Gasteiger partial charge in [-0.25, -0.2) is 4.98 Å². The maximum atomic E-state index is 9.35. The van der Waals surface area contributed by atoms with E-state index in [0.29, 0.717) is 32.7 Å². The Balaban J connectivity index is 2.69. The number of nitrogens with two attached hydrogens (primary N) is 1. The fourth-order valence-electron chi connectivity index (χ4n) is 2.18. The van der Waals surface area contributed by atoms with Gasteiger partial charge in [-0.1, -0.05) is 49.2 Å². The molecular formula is C16H15Cl2N3. The number of benzene rings is 1. The third-order valence-electron chi connectivity index (χ3n) is 3.07. The number of halogens is 2. The topological polar surface area (TPSA) is 62.7 Å². The van der Waals surface area contributed by atoms with Gasteiger partial charge in [-0.2, -0.15) is 5.26 Å². The van der Waals surface area contributed by atoms with E-state index in [2.05, 4.69) is 24.9 Å². The number of nitriles is 1. The molecule has 0 aliphatic heterocycles. The molecule has 0 amide bonds. The number of aromatic nitrogens is 1. The lowest BCUT2D eigenvalue weighted by atomic mass is 9.98. The Hall–Kier alpha value is -1.76. The van der Waals surface area contributed by atoms with Gasteiger partial charge in [-0.3, -0.25) is 0 Å². The fraction of sp³-hybridized carbons (Fsp3) is 0.250. The Morgan fingerprint density at radius 2 is 2.00 bits per heavy atom. The number of nitrogen functional groups attached to an aromatic ring is 1. The van der Waals surface area contributed by atoms with Crippen LogP contribution >= 0.6 is 23.2 Å². The summed E-state index contributed by atoms with van der Waals surface area (Å²) >= 11 is 12.3. The Morgan fingerprint density at radius 1 is 1.29 bits per heavy atom. The van der Waals surface area contributed by atoms with E-state index in [0.717, 1.165) is 12.1 Å². The van der Waals surface area contributed by atoms with Gasteiger partial charge in [-0.05, 0) is 24.5 Å². The van der Waals surface area contributed by atoms with Crippen LogP contribution in [0.1, 0.15) is 25.1 Å². The minimum absolute atomic E-state index is 0.224. The number of anilines is 1. The zero-order valence-corrected chi connectivity index (χ0v) is 13.3. The minimum atomic E-state index is 0.224. The number of hydrogen-bond donors (Lipinski definition) is 1. The minimum Gasteiger partial charge on any atom is -0.383 e. The zero-order valence-electron chi connectivity index (χ0n) is 11.8. The largest absolute Gasteiger partial charge is 0.383 e. The van der Waals surface area contributed by atoms with Gasteiger partial charge < -0.3 is 5.73 Å². The van der Waals surface area contributed by atoms with Crippen LogP contribution in [0.3, 0.4) is 0 Å². The predicted molar refractivity (Wildman–Crippen MR) is 87.4 cm³/mol. The van der Waals surface area contributed by atoms with E-state index >= 15 is 0 Å². The number of rotatable bonds is 3. The molecule has 2 aromatic rings. The summed E-state index contributed by atoms with van der Waals surface area (Å²) in [5.41, 5.74) is 8.46. The van der Waals surface area contributed by atoms with Crippen LogP contribution in [0.4, 0.5) is 5.82 Å². The van der Waals surface area contributed by atoms with Crippen LogP contribution in [0.5, 0.6) is 0 Å². The lowest BCUT2D eigenvalue weighted by molar-refractivity contribution is 0.636. The summed E-state index contributed by atoms with van der Waals surface area (Å²) in [5, 5.41) is 10.2. The second kappa shape index (κ2) is 6.34. The summed E-state index contributed by atoms with van der Waals surface area (Å²) in [6, 6.07) is 9.29. The summed E-state index contributed by atoms with van der Waals surface area (Å²) in [5.74, 6) is 0.661. The second-order valence-corrected chi connectivity index (χ2v) is 6.02. The molecule has 0 fully saturated rings. The van der Waals surface area contributed by atoms with Gasteiger partial charge in [0.25, 0.3) is 0 Å². The Kier molecular flexibility index (Phi) is 4.72. The molecule has 108 valence electrons. The van der Waals surface area contributed by atoms with Crippen molar-refractivity contribution < 1.29 is 0 Å². The highest BCUT2D eigenvalue weighted by Crippen LogP contribution is 2.36. The van der Waals surface area contributed by atoms with Crippen molar-refractivity contribution in [3.05, 3.63) is 45.6 Å². The van der Waals surface area contributed by atoms with Gasteiger partial charge in [0.15, 0.2) is 0 Å². The van der Waals surface area contributed by atoms with Gasteiger partial charge in [-0.15, -0.1) is 0 Å². The number of hydrogen-bond acceptors (Lipinski definition) is 3. The molecule has 0 aliphatic rings. The summed E-state index contributed by atoms with van der Waals surface area (Å²) in [6.07, 6.45) is 0.779. The lowest BCUT2D eigenvalue weighted by Gasteiger charge is -2.13. The summed E-state index contributed by atoms with van der Waals surface area (Å²) < 4.78 is 0. The molecule has 0 bridgehead atoms. The predicted octanol–water partition coefficient (Wildman–Crippen LogP) is 4.71. The molecule has 1 heterocycles. The first kappa shape index (κ1) is 15.6. The van der Waals surface area contributed by atoms with E-state index in [-0.39, 0.29) is 5.82 Å². The Bertz CT molecular complexity index is 718. The molecule has 1 aromatic carbocycles. The van der Waals surface area contributed by atoms with Crippen molar-refractivity contribution in [1.29, 1.82) is 5.26 Å². The first-order chi connectivity index (χ1) is 9.93. The smallest absolute Gasteiger partial charge is 0.142 e. The zero-order chi connectivity index (χ0) is 15.6.